The molecule has 0 radical (unpaired) electrons. The highest BCUT2D eigenvalue weighted by atomic mass is 16.5. The van der Waals surface area contributed by atoms with E-state index in [1.54, 1.807) is 7.11 Å². The van der Waals surface area contributed by atoms with Crippen molar-refractivity contribution in [2.24, 2.45) is 5.84 Å². The number of ether oxygens (including phenoxy) is 1. The summed E-state index contributed by atoms with van der Waals surface area (Å²) in [7, 11) is 1.65. The zero-order valence-corrected chi connectivity index (χ0v) is 12.6. The van der Waals surface area contributed by atoms with Crippen LogP contribution in [-0.2, 0) is 4.79 Å². The molecule has 0 saturated heterocycles. The number of methoxy groups -OCH3 is 1. The van der Waals surface area contributed by atoms with Gasteiger partial charge in [0.15, 0.2) is 0 Å². The molecule has 0 unspecified atom stereocenters. The Morgan fingerprint density at radius 1 is 1.55 bits per heavy atom. The van der Waals surface area contributed by atoms with E-state index in [0.29, 0.717) is 5.92 Å². The summed E-state index contributed by atoms with van der Waals surface area (Å²) in [6, 6.07) is 6.05. The summed E-state index contributed by atoms with van der Waals surface area (Å²) < 4.78 is 5.31. The number of hydrogen-bond donors (Lipinski definition) is 2. The van der Waals surface area contributed by atoms with Crippen molar-refractivity contribution in [1.82, 2.24) is 5.43 Å². The van der Waals surface area contributed by atoms with Crippen LogP contribution in [0.15, 0.2) is 18.2 Å². The van der Waals surface area contributed by atoms with Crippen molar-refractivity contribution in [1.29, 1.82) is 0 Å². The number of hydrazine groups is 1. The van der Waals surface area contributed by atoms with Crippen LogP contribution in [0, 0.1) is 0 Å². The second-order valence-corrected chi connectivity index (χ2v) is 6.00. The molecule has 1 aromatic rings. The third-order valence-electron chi connectivity index (χ3n) is 4.06. The van der Waals surface area contributed by atoms with Gasteiger partial charge in [0.1, 0.15) is 5.75 Å². The van der Waals surface area contributed by atoms with Gasteiger partial charge in [0.25, 0.3) is 5.91 Å². The van der Waals surface area contributed by atoms with E-state index in [1.165, 1.54) is 5.56 Å². The lowest BCUT2D eigenvalue weighted by atomic mass is 9.80. The monoisotopic (exact) mass is 277 g/mol. The van der Waals surface area contributed by atoms with Crippen LogP contribution in [0.4, 0.5) is 5.69 Å². The van der Waals surface area contributed by atoms with E-state index in [2.05, 4.69) is 37.2 Å². The first kappa shape index (κ1) is 14.7. The fourth-order valence-electron chi connectivity index (χ4n) is 3.08. The Kier molecular flexibility index (Phi) is 3.90. The number of amides is 1. The molecule has 0 saturated carbocycles. The number of carbonyl (C=O) groups excluding carboxylic acids is 1. The van der Waals surface area contributed by atoms with Crippen molar-refractivity contribution in [3.63, 3.8) is 0 Å². The molecule has 5 heteroatoms. The van der Waals surface area contributed by atoms with Crippen molar-refractivity contribution >= 4 is 11.6 Å². The van der Waals surface area contributed by atoms with Gasteiger partial charge in [0.05, 0.1) is 13.7 Å². The molecule has 0 aliphatic carbocycles. The van der Waals surface area contributed by atoms with Gasteiger partial charge in [0, 0.05) is 17.3 Å². The fourth-order valence-corrected chi connectivity index (χ4v) is 3.08. The Bertz CT molecular complexity index is 514. The van der Waals surface area contributed by atoms with Crippen molar-refractivity contribution in [2.45, 2.75) is 38.6 Å². The quantitative estimate of drug-likeness (QED) is 0.502. The normalized spacial score (nSPS) is 20.2. The molecule has 5 nitrogen and oxygen atoms in total. The van der Waals surface area contributed by atoms with Crippen LogP contribution >= 0.6 is 0 Å². The molecule has 1 atom stereocenters. The molecular weight excluding hydrogens is 254 g/mol. The zero-order valence-electron chi connectivity index (χ0n) is 12.6. The van der Waals surface area contributed by atoms with Crippen LogP contribution in [0.3, 0.4) is 0 Å². The van der Waals surface area contributed by atoms with E-state index >= 15 is 0 Å². The van der Waals surface area contributed by atoms with Crippen molar-refractivity contribution in [2.75, 3.05) is 18.6 Å². The predicted molar refractivity (Wildman–Crippen MR) is 79.8 cm³/mol. The summed E-state index contributed by atoms with van der Waals surface area (Å²) in [4.78, 5) is 13.8. The number of carbonyl (C=O) groups is 1. The van der Waals surface area contributed by atoms with Crippen molar-refractivity contribution in [3.05, 3.63) is 23.8 Å². The van der Waals surface area contributed by atoms with Gasteiger partial charge >= 0.3 is 0 Å². The van der Waals surface area contributed by atoms with E-state index in [4.69, 9.17) is 10.6 Å². The number of hydrogen-bond acceptors (Lipinski definition) is 4. The number of nitrogens with one attached hydrogen (secondary N) is 1. The van der Waals surface area contributed by atoms with Crippen molar-refractivity contribution in [3.8, 4) is 5.75 Å². The average molecular weight is 277 g/mol. The summed E-state index contributed by atoms with van der Waals surface area (Å²) >= 11 is 0. The van der Waals surface area contributed by atoms with Gasteiger partial charge in [0.2, 0.25) is 0 Å². The van der Waals surface area contributed by atoms with E-state index in [9.17, 15) is 4.79 Å². The molecule has 1 aliphatic rings. The van der Waals surface area contributed by atoms with Gasteiger partial charge in [-0.05, 0) is 37.8 Å². The van der Waals surface area contributed by atoms with E-state index < -0.39 is 0 Å². The Morgan fingerprint density at radius 3 is 2.85 bits per heavy atom. The third kappa shape index (κ3) is 2.58. The Hall–Kier alpha value is -1.75. The average Bonchev–Trinajstić information content (AvgIpc) is 2.41. The fraction of sp³-hybridized carbons (Fsp3) is 0.533. The predicted octanol–water partition coefficient (Wildman–Crippen LogP) is 1.78. The zero-order chi connectivity index (χ0) is 14.9. The lowest BCUT2D eigenvalue weighted by Gasteiger charge is -2.47. The SMILES string of the molecule is COc1ccc2c(c1)N(CC(=O)NN)C(C)(C)C[C@@H]2C. The second kappa shape index (κ2) is 5.32. The van der Waals surface area contributed by atoms with Gasteiger partial charge in [-0.15, -0.1) is 0 Å². The van der Waals surface area contributed by atoms with E-state index in [0.717, 1.165) is 17.9 Å². The highest BCUT2D eigenvalue weighted by Gasteiger charge is 2.37. The molecule has 20 heavy (non-hydrogen) atoms. The summed E-state index contributed by atoms with van der Waals surface area (Å²) in [5, 5.41) is 0. The van der Waals surface area contributed by atoms with Crippen LogP contribution < -0.4 is 20.9 Å². The summed E-state index contributed by atoms with van der Waals surface area (Å²) in [5.74, 6) is 6.28. The minimum absolute atomic E-state index is 0.106. The number of anilines is 1. The molecule has 110 valence electrons. The van der Waals surface area contributed by atoms with Gasteiger partial charge < -0.3 is 9.64 Å². The Labute approximate surface area is 120 Å². The third-order valence-corrected chi connectivity index (χ3v) is 4.06. The van der Waals surface area contributed by atoms with Crippen LogP contribution in [0.5, 0.6) is 5.75 Å². The number of nitrogens with zero attached hydrogens (tertiary/aromatic N) is 1. The standard InChI is InChI=1S/C15H23N3O2/c1-10-8-15(2,3)18(9-14(19)17-16)13-7-11(20-4)5-6-12(10)13/h5-7,10H,8-9,16H2,1-4H3,(H,17,19)/t10-/m0/s1. The lowest BCUT2D eigenvalue weighted by Crippen LogP contribution is -2.53. The minimum Gasteiger partial charge on any atom is -0.497 e. The molecule has 1 amide bonds. The molecule has 0 aromatic heterocycles. The van der Waals surface area contributed by atoms with Gasteiger partial charge in [-0.25, -0.2) is 5.84 Å². The van der Waals surface area contributed by atoms with Crippen LogP contribution in [-0.4, -0.2) is 25.1 Å². The Morgan fingerprint density at radius 2 is 2.25 bits per heavy atom. The highest BCUT2D eigenvalue weighted by molar-refractivity contribution is 5.82. The molecule has 0 fully saturated rings. The topological polar surface area (TPSA) is 67.6 Å². The van der Waals surface area contributed by atoms with Crippen LogP contribution in [0.25, 0.3) is 0 Å². The number of nitrogens with two attached hydrogens (primary N) is 1. The molecule has 1 aromatic carbocycles. The molecule has 1 aliphatic heterocycles. The number of rotatable bonds is 3. The smallest absolute Gasteiger partial charge is 0.253 e. The first-order chi connectivity index (χ1) is 9.39. The number of benzene rings is 1. The maximum atomic E-state index is 11.7. The Balaban J connectivity index is 2.48. The minimum atomic E-state index is -0.193. The van der Waals surface area contributed by atoms with Gasteiger partial charge in [-0.1, -0.05) is 13.0 Å². The largest absolute Gasteiger partial charge is 0.497 e. The first-order valence-electron chi connectivity index (χ1n) is 6.84. The molecule has 1 heterocycles. The summed E-state index contributed by atoms with van der Waals surface area (Å²) in [6.45, 7) is 6.76. The van der Waals surface area contributed by atoms with Crippen LogP contribution in [0.1, 0.15) is 38.7 Å². The summed E-state index contributed by atoms with van der Waals surface area (Å²) in [6.07, 6.45) is 0.990. The molecule has 3 N–H and O–H groups in total. The molecular formula is C15H23N3O2. The highest BCUT2D eigenvalue weighted by Crippen LogP contribution is 2.44. The van der Waals surface area contributed by atoms with Gasteiger partial charge in [-0.2, -0.15) is 0 Å². The van der Waals surface area contributed by atoms with Gasteiger partial charge in [-0.3, -0.25) is 10.2 Å². The maximum Gasteiger partial charge on any atom is 0.253 e. The maximum absolute atomic E-state index is 11.7. The van der Waals surface area contributed by atoms with Crippen molar-refractivity contribution < 1.29 is 9.53 Å². The molecule has 2 rings (SSSR count). The lowest BCUT2D eigenvalue weighted by molar-refractivity contribution is -0.120. The van der Waals surface area contributed by atoms with E-state index in [1.807, 2.05) is 12.1 Å². The summed E-state index contributed by atoms with van der Waals surface area (Å²) in [5.41, 5.74) is 4.40. The number of fused-ring (bicyclic) bond motifs is 1. The molecule has 0 spiro atoms. The first-order valence-corrected chi connectivity index (χ1v) is 6.84. The second-order valence-electron chi connectivity index (χ2n) is 6.00. The van der Waals surface area contributed by atoms with E-state index in [-0.39, 0.29) is 18.0 Å². The van der Waals surface area contributed by atoms with Crippen LogP contribution in [0.2, 0.25) is 0 Å². The molecule has 0 bridgehead atoms.